The molecule has 0 amide bonds. The van der Waals surface area contributed by atoms with Gasteiger partial charge in [-0.2, -0.15) is 3.57 Å². The zero-order chi connectivity index (χ0) is 30.1. The molecule has 0 N–H and O–H groups in total. The highest BCUT2D eigenvalue weighted by molar-refractivity contribution is 6.23. The van der Waals surface area contributed by atoms with Crippen molar-refractivity contribution in [3.05, 3.63) is 143 Å². The van der Waals surface area contributed by atoms with Crippen LogP contribution >= 0.6 is 0 Å². The van der Waals surface area contributed by atoms with Crippen molar-refractivity contribution in [3.63, 3.8) is 0 Å². The predicted octanol–water partition coefficient (Wildman–Crippen LogP) is 7.47. The van der Waals surface area contributed by atoms with E-state index in [1.54, 1.807) is 0 Å². The van der Waals surface area contributed by atoms with E-state index in [1.165, 1.54) is 47.3 Å². The fourth-order valence-electron chi connectivity index (χ4n) is 7.19. The lowest BCUT2D eigenvalue weighted by Gasteiger charge is -2.18. The highest BCUT2D eigenvalue weighted by Gasteiger charge is 2.19. The number of aryl methyl sites for hydroxylation is 1. The minimum atomic E-state index is 0.307. The van der Waals surface area contributed by atoms with Crippen molar-refractivity contribution in [2.45, 2.75) is 19.4 Å². The Balaban J connectivity index is 1.26. The first-order chi connectivity index (χ1) is 22.1. The minimum absolute atomic E-state index is 0.307. The molecule has 9 rings (SSSR count). The first-order valence-electron chi connectivity index (χ1n) is 15.4. The molecule has 1 unspecified atom stereocenters. The molecule has 4 heteroatoms. The van der Waals surface area contributed by atoms with Crippen LogP contribution in [0.5, 0.6) is 0 Å². The minimum Gasteiger partial charge on any atom is -0.759 e. The van der Waals surface area contributed by atoms with Gasteiger partial charge in [0.2, 0.25) is 0 Å². The van der Waals surface area contributed by atoms with Gasteiger partial charge in [0.25, 0.3) is 0 Å². The Morgan fingerprint density at radius 2 is 1.44 bits per heavy atom. The average molecular weight is 690 g/mol. The van der Waals surface area contributed by atoms with Crippen LogP contribution in [-0.2, 0) is 0 Å². The van der Waals surface area contributed by atoms with Gasteiger partial charge in [-0.15, -0.1) is 0 Å². The number of fused-ring (bicyclic) bond motifs is 9. The molecule has 0 bridgehead atoms. The van der Waals surface area contributed by atoms with E-state index in [-0.39, 0.29) is 0 Å². The maximum absolute atomic E-state index is 5.38. The van der Waals surface area contributed by atoms with Gasteiger partial charge < -0.3 is 27.2 Å². The maximum Gasteiger partial charge on any atom is 0.0979 e. The second kappa shape index (κ2) is 10.4. The summed E-state index contributed by atoms with van der Waals surface area (Å²) < 4.78 is 3.69. The lowest BCUT2D eigenvalue weighted by molar-refractivity contribution is -0.328. The third-order valence-corrected chi connectivity index (χ3v) is 9.91. The average Bonchev–Trinajstić information content (AvgIpc) is 3.42. The van der Waals surface area contributed by atoms with Crippen LogP contribution < -0.4 is 22.6 Å². The predicted molar refractivity (Wildman–Crippen MR) is 184 cm³/mol. The zero-order valence-electron chi connectivity index (χ0n) is 24.7. The summed E-state index contributed by atoms with van der Waals surface area (Å²) in [7, 11) is 0. The highest BCUT2D eigenvalue weighted by atomic mass is 127. The molecule has 2 heterocycles. The van der Waals surface area contributed by atoms with E-state index in [0.29, 0.717) is 6.04 Å². The highest BCUT2D eigenvalue weighted by Crippen LogP contribution is 2.40. The van der Waals surface area contributed by atoms with Crippen molar-refractivity contribution >= 4 is 54.4 Å². The smallest absolute Gasteiger partial charge is 0.0979 e. The van der Waals surface area contributed by atoms with E-state index in [4.69, 9.17) is 9.97 Å². The Hall–Kier alpha value is -4.81. The van der Waals surface area contributed by atoms with Crippen LogP contribution in [0.4, 0.5) is 0 Å². The Kier molecular flexibility index (Phi) is 6.13. The molecule has 0 aliphatic heterocycles. The number of nitrogens with zero attached hydrogens (tertiary/aromatic N) is 3. The Morgan fingerprint density at radius 1 is 0.667 bits per heavy atom. The number of hydrogen-bond donors (Lipinski definition) is 0. The molecule has 3 nitrogen and oxygen atoms in total. The molecule has 2 aromatic heterocycles. The molecule has 45 heavy (non-hydrogen) atoms. The molecule has 0 saturated carbocycles. The number of halogens is 1. The molecule has 6 aromatic carbocycles. The summed E-state index contributed by atoms with van der Waals surface area (Å²) in [6.07, 6.45) is 11.8. The van der Waals surface area contributed by atoms with Gasteiger partial charge in [-0.05, 0) is 59.5 Å². The van der Waals surface area contributed by atoms with E-state index < -0.39 is 0 Å². The van der Waals surface area contributed by atoms with Gasteiger partial charge in [0.05, 0.1) is 29.0 Å². The number of para-hydroxylation sites is 1. The largest absolute Gasteiger partial charge is 0.759 e. The molecule has 215 valence electrons. The van der Waals surface area contributed by atoms with E-state index in [9.17, 15) is 0 Å². The molecular weight excluding hydrogens is 661 g/mol. The summed E-state index contributed by atoms with van der Waals surface area (Å²) >= 11 is 2.39. The van der Waals surface area contributed by atoms with Crippen LogP contribution in [0.25, 0.3) is 76.8 Å². The van der Waals surface area contributed by atoms with E-state index >= 15 is 0 Å². The van der Waals surface area contributed by atoms with Gasteiger partial charge in [-0.3, -0.25) is 4.98 Å². The van der Waals surface area contributed by atoms with Crippen LogP contribution in [0.3, 0.4) is 0 Å². The first-order valence-corrected chi connectivity index (χ1v) is 16.5. The summed E-state index contributed by atoms with van der Waals surface area (Å²) in [5, 5.41) is 7.27. The van der Waals surface area contributed by atoms with Crippen LogP contribution in [0.2, 0.25) is 0 Å². The molecule has 1 atom stereocenters. The van der Waals surface area contributed by atoms with Gasteiger partial charge in [0.1, 0.15) is 0 Å². The summed E-state index contributed by atoms with van der Waals surface area (Å²) in [5.74, 6) is 0. The van der Waals surface area contributed by atoms with E-state index in [2.05, 4.69) is 162 Å². The van der Waals surface area contributed by atoms with Crippen LogP contribution in [-0.4, -0.2) is 14.5 Å². The maximum atomic E-state index is 5.38. The lowest BCUT2D eigenvalue weighted by atomic mass is 9.95. The van der Waals surface area contributed by atoms with Crippen LogP contribution in [0, 0.1) is 10.5 Å². The molecular formula is C41H28IN3-. The quantitative estimate of drug-likeness (QED) is 0.143. The number of hydrogen-bond acceptors (Lipinski definition) is 2. The second-order valence-corrected chi connectivity index (χ2v) is 13.2. The van der Waals surface area contributed by atoms with Crippen LogP contribution in [0.1, 0.15) is 18.0 Å². The van der Waals surface area contributed by atoms with Crippen molar-refractivity contribution in [2.75, 3.05) is 0 Å². The Morgan fingerprint density at radius 3 is 2.31 bits per heavy atom. The molecule has 0 spiro atoms. The lowest BCUT2D eigenvalue weighted by Crippen LogP contribution is -3.34. The van der Waals surface area contributed by atoms with Crippen molar-refractivity contribution in [3.8, 4) is 22.4 Å². The Bertz CT molecular complexity index is 2550. The summed E-state index contributed by atoms with van der Waals surface area (Å²) in [6, 6.07) is 37.9. The molecule has 1 aliphatic carbocycles. The molecule has 1 radical (unpaired) electrons. The second-order valence-electron chi connectivity index (χ2n) is 12.0. The monoisotopic (exact) mass is 689 g/mol. The zero-order valence-corrected chi connectivity index (χ0v) is 26.9. The fourth-order valence-corrected chi connectivity index (χ4v) is 7.68. The van der Waals surface area contributed by atoms with Crippen molar-refractivity contribution in [1.82, 2.24) is 14.5 Å². The summed E-state index contributed by atoms with van der Waals surface area (Å²) in [6.45, 7) is 2.14. The molecule has 8 aromatic rings. The Labute approximate surface area is 274 Å². The summed E-state index contributed by atoms with van der Waals surface area (Å²) in [4.78, 5) is 10.5. The SMILES string of the molecule is Cc1ccc2c3ccc([I-])cc3c3ncc(-c4ccccc4-c4ccc5c(c4)c4ccccc4n5C4C=CC=CC4)nc3c2c1. The molecule has 1 aliphatic rings. The number of benzene rings is 6. The number of aromatic nitrogens is 3. The van der Waals surface area contributed by atoms with E-state index in [0.717, 1.165) is 45.0 Å². The first kappa shape index (κ1) is 26.6. The topological polar surface area (TPSA) is 30.7 Å². The van der Waals surface area contributed by atoms with Crippen LogP contribution in [0.15, 0.2) is 134 Å². The van der Waals surface area contributed by atoms with Gasteiger partial charge >= 0.3 is 0 Å². The van der Waals surface area contributed by atoms with Crippen molar-refractivity contribution in [1.29, 1.82) is 0 Å². The molecule has 0 saturated heterocycles. The van der Waals surface area contributed by atoms with Gasteiger partial charge in [0.15, 0.2) is 0 Å². The fraction of sp³-hybridized carbons (Fsp3) is 0.0732. The van der Waals surface area contributed by atoms with Gasteiger partial charge in [-0.25, -0.2) is 4.98 Å². The normalized spacial score (nSPS) is 14.8. The third kappa shape index (κ3) is 4.23. The molecule has 0 fully saturated rings. The number of rotatable bonds is 3. The van der Waals surface area contributed by atoms with Crippen molar-refractivity contribution in [2.24, 2.45) is 0 Å². The van der Waals surface area contributed by atoms with Crippen molar-refractivity contribution < 1.29 is 22.6 Å². The standard InChI is InChI=1S/C41H28IN3/c1-25-15-18-30-31-19-17-27(42)23-36(31)40-41(35(30)21-25)44-37(24-43-40)32-12-6-5-11-29(32)26-16-20-39-34(22-26)33-13-7-8-14-38(33)45(39)28-9-3-2-4-10-28/h2-9,11-24,28H,10H2,1H3/q-1. The summed E-state index contributed by atoms with van der Waals surface area (Å²) in [5.41, 5.74) is 9.94. The van der Waals surface area contributed by atoms with E-state index in [1.807, 2.05) is 6.20 Å². The van der Waals surface area contributed by atoms with Gasteiger partial charge in [0, 0.05) is 38.1 Å². The third-order valence-electron chi connectivity index (χ3n) is 9.24. The number of allylic oxidation sites excluding steroid dienone is 4. The van der Waals surface area contributed by atoms with Gasteiger partial charge in [-0.1, -0.05) is 109 Å².